The Labute approximate surface area is 114 Å². The second-order valence-electron chi connectivity index (χ2n) is 5.10. The number of carbonyl (C=O) groups is 1. The Morgan fingerprint density at radius 2 is 1.83 bits per heavy atom. The van der Waals surface area contributed by atoms with Crippen LogP contribution >= 0.6 is 11.6 Å². The molecular weight excluding hydrogens is 246 g/mol. The first-order chi connectivity index (χ1) is 8.66. The zero-order chi connectivity index (χ0) is 13.0. The molecule has 0 aliphatic heterocycles. The van der Waals surface area contributed by atoms with Crippen molar-refractivity contribution in [3.05, 3.63) is 34.9 Å². The van der Waals surface area contributed by atoms with Gasteiger partial charge in [-0.3, -0.25) is 4.79 Å². The van der Waals surface area contributed by atoms with Crippen LogP contribution in [0.25, 0.3) is 0 Å². The van der Waals surface area contributed by atoms with Crippen LogP contribution in [0.3, 0.4) is 0 Å². The quantitative estimate of drug-likeness (QED) is 0.817. The highest BCUT2D eigenvalue weighted by molar-refractivity contribution is 6.30. The van der Waals surface area contributed by atoms with E-state index in [4.69, 9.17) is 11.6 Å². The summed E-state index contributed by atoms with van der Waals surface area (Å²) in [6.45, 7) is 0. The average Bonchev–Trinajstić information content (AvgIpc) is 2.41. The van der Waals surface area contributed by atoms with Crippen molar-refractivity contribution in [2.45, 2.75) is 44.6 Å². The Balaban J connectivity index is 1.92. The third kappa shape index (κ3) is 3.49. The largest absolute Gasteiger partial charge is 0.342 e. The van der Waals surface area contributed by atoms with Gasteiger partial charge < -0.3 is 4.90 Å². The summed E-state index contributed by atoms with van der Waals surface area (Å²) in [7, 11) is 1.94. The highest BCUT2D eigenvalue weighted by atomic mass is 35.5. The maximum absolute atomic E-state index is 12.2. The summed E-state index contributed by atoms with van der Waals surface area (Å²) in [6, 6.07) is 7.97. The van der Waals surface area contributed by atoms with Crippen molar-refractivity contribution < 1.29 is 4.79 Å². The Bertz CT molecular complexity index is 395. The topological polar surface area (TPSA) is 20.3 Å². The third-order valence-corrected chi connectivity index (χ3v) is 4.04. The Kier molecular flexibility index (Phi) is 4.65. The molecule has 1 fully saturated rings. The number of likely N-dealkylation sites (N-methyl/N-ethyl adjacent to an activating group) is 1. The minimum atomic E-state index is 0.212. The average molecular weight is 266 g/mol. The van der Waals surface area contributed by atoms with Gasteiger partial charge in [-0.05, 0) is 30.5 Å². The fourth-order valence-corrected chi connectivity index (χ4v) is 2.70. The SMILES string of the molecule is CN(C(=O)Cc1ccc(Cl)cc1)C1CCCCC1. The van der Waals surface area contributed by atoms with Crippen LogP contribution in [0, 0.1) is 0 Å². The fourth-order valence-electron chi connectivity index (χ4n) is 2.57. The van der Waals surface area contributed by atoms with Gasteiger partial charge in [-0.25, -0.2) is 0 Å². The second-order valence-corrected chi connectivity index (χ2v) is 5.54. The molecule has 2 rings (SSSR count). The van der Waals surface area contributed by atoms with Crippen LogP contribution in [0.1, 0.15) is 37.7 Å². The molecule has 0 heterocycles. The van der Waals surface area contributed by atoms with Gasteiger partial charge in [0.2, 0.25) is 5.91 Å². The minimum absolute atomic E-state index is 0.212. The maximum atomic E-state index is 12.2. The lowest BCUT2D eigenvalue weighted by Gasteiger charge is -2.31. The summed E-state index contributed by atoms with van der Waals surface area (Å²) in [5, 5.41) is 0.715. The van der Waals surface area contributed by atoms with E-state index in [2.05, 4.69) is 0 Å². The zero-order valence-corrected chi connectivity index (χ0v) is 11.6. The van der Waals surface area contributed by atoms with Gasteiger partial charge in [-0.2, -0.15) is 0 Å². The third-order valence-electron chi connectivity index (χ3n) is 3.78. The van der Waals surface area contributed by atoms with Crippen LogP contribution in [0.5, 0.6) is 0 Å². The van der Waals surface area contributed by atoms with Crippen molar-refractivity contribution in [1.29, 1.82) is 0 Å². The number of hydrogen-bond acceptors (Lipinski definition) is 1. The van der Waals surface area contributed by atoms with E-state index in [0.29, 0.717) is 17.5 Å². The smallest absolute Gasteiger partial charge is 0.226 e. The van der Waals surface area contributed by atoms with Crippen molar-refractivity contribution in [3.8, 4) is 0 Å². The standard InChI is InChI=1S/C15H20ClNO/c1-17(14-5-3-2-4-6-14)15(18)11-12-7-9-13(16)10-8-12/h7-10,14H,2-6,11H2,1H3. The van der Waals surface area contributed by atoms with Crippen LogP contribution in [0.15, 0.2) is 24.3 Å². The molecule has 0 radical (unpaired) electrons. The van der Waals surface area contributed by atoms with Crippen molar-refractivity contribution in [3.63, 3.8) is 0 Å². The molecule has 1 aromatic carbocycles. The maximum Gasteiger partial charge on any atom is 0.226 e. The summed E-state index contributed by atoms with van der Waals surface area (Å²) in [4.78, 5) is 14.1. The molecule has 0 bridgehead atoms. The molecule has 1 aliphatic rings. The first-order valence-electron chi connectivity index (χ1n) is 6.67. The lowest BCUT2D eigenvalue weighted by Crippen LogP contribution is -2.39. The molecule has 98 valence electrons. The number of benzene rings is 1. The van der Waals surface area contributed by atoms with Crippen LogP contribution in [0.4, 0.5) is 0 Å². The Hall–Kier alpha value is -1.02. The van der Waals surface area contributed by atoms with E-state index in [1.54, 1.807) is 0 Å². The molecule has 1 aliphatic carbocycles. The molecule has 0 atom stereocenters. The highest BCUT2D eigenvalue weighted by Crippen LogP contribution is 2.22. The van der Waals surface area contributed by atoms with Crippen LogP contribution in [0.2, 0.25) is 5.02 Å². The van der Waals surface area contributed by atoms with E-state index in [0.717, 1.165) is 18.4 Å². The number of rotatable bonds is 3. The van der Waals surface area contributed by atoms with Crippen LogP contribution in [-0.4, -0.2) is 23.9 Å². The van der Waals surface area contributed by atoms with Gasteiger partial charge in [0, 0.05) is 18.1 Å². The summed E-state index contributed by atoms with van der Waals surface area (Å²) < 4.78 is 0. The van der Waals surface area contributed by atoms with Gasteiger partial charge in [-0.1, -0.05) is 43.0 Å². The van der Waals surface area contributed by atoms with Gasteiger partial charge in [0.25, 0.3) is 0 Å². The molecule has 3 heteroatoms. The van der Waals surface area contributed by atoms with Gasteiger partial charge >= 0.3 is 0 Å². The number of nitrogens with zero attached hydrogens (tertiary/aromatic N) is 1. The molecule has 1 amide bonds. The zero-order valence-electron chi connectivity index (χ0n) is 10.9. The summed E-state index contributed by atoms with van der Waals surface area (Å²) in [5.41, 5.74) is 1.03. The second kappa shape index (κ2) is 6.24. The van der Waals surface area contributed by atoms with Gasteiger partial charge in [0.05, 0.1) is 6.42 Å². The minimum Gasteiger partial charge on any atom is -0.342 e. The Morgan fingerprint density at radius 3 is 2.44 bits per heavy atom. The lowest BCUT2D eigenvalue weighted by atomic mass is 9.94. The van der Waals surface area contributed by atoms with Gasteiger partial charge in [-0.15, -0.1) is 0 Å². The monoisotopic (exact) mass is 265 g/mol. The van der Waals surface area contributed by atoms with Crippen molar-refractivity contribution in [2.75, 3.05) is 7.05 Å². The van der Waals surface area contributed by atoms with Crippen molar-refractivity contribution >= 4 is 17.5 Å². The summed E-state index contributed by atoms with van der Waals surface area (Å²) in [5.74, 6) is 0.212. The van der Waals surface area contributed by atoms with E-state index in [9.17, 15) is 4.79 Å². The van der Waals surface area contributed by atoms with E-state index in [-0.39, 0.29) is 5.91 Å². The highest BCUT2D eigenvalue weighted by Gasteiger charge is 2.21. The molecule has 0 spiro atoms. The number of carbonyl (C=O) groups excluding carboxylic acids is 1. The predicted octanol–water partition coefficient (Wildman–Crippen LogP) is 3.67. The fraction of sp³-hybridized carbons (Fsp3) is 0.533. The van der Waals surface area contributed by atoms with E-state index in [1.807, 2.05) is 36.2 Å². The Morgan fingerprint density at radius 1 is 1.22 bits per heavy atom. The first-order valence-corrected chi connectivity index (χ1v) is 7.05. The van der Waals surface area contributed by atoms with Crippen LogP contribution in [-0.2, 0) is 11.2 Å². The molecule has 0 unspecified atom stereocenters. The first kappa shape index (κ1) is 13.4. The van der Waals surface area contributed by atoms with E-state index in [1.165, 1.54) is 19.3 Å². The summed E-state index contributed by atoms with van der Waals surface area (Å²) >= 11 is 5.84. The molecule has 0 saturated heterocycles. The van der Waals surface area contributed by atoms with E-state index >= 15 is 0 Å². The van der Waals surface area contributed by atoms with Gasteiger partial charge in [0.15, 0.2) is 0 Å². The molecule has 1 aromatic rings. The molecule has 0 aromatic heterocycles. The predicted molar refractivity (Wildman–Crippen MR) is 74.8 cm³/mol. The number of hydrogen-bond donors (Lipinski definition) is 0. The van der Waals surface area contributed by atoms with E-state index < -0.39 is 0 Å². The molecule has 2 nitrogen and oxygen atoms in total. The molecule has 1 saturated carbocycles. The van der Waals surface area contributed by atoms with Crippen molar-refractivity contribution in [1.82, 2.24) is 4.90 Å². The molecule has 0 N–H and O–H groups in total. The number of amides is 1. The molecular formula is C15H20ClNO. The normalized spacial score (nSPS) is 16.6. The lowest BCUT2D eigenvalue weighted by molar-refractivity contribution is -0.131. The van der Waals surface area contributed by atoms with Crippen LogP contribution < -0.4 is 0 Å². The van der Waals surface area contributed by atoms with Crippen molar-refractivity contribution in [2.24, 2.45) is 0 Å². The summed E-state index contributed by atoms with van der Waals surface area (Å²) in [6.07, 6.45) is 6.61. The molecule has 18 heavy (non-hydrogen) atoms. The number of halogens is 1. The van der Waals surface area contributed by atoms with Gasteiger partial charge in [0.1, 0.15) is 0 Å².